The molecule has 0 bridgehead atoms. The number of halogens is 1. The largest absolute Gasteiger partial charge is 0.304 e. The minimum atomic E-state index is 0.333. The summed E-state index contributed by atoms with van der Waals surface area (Å²) < 4.78 is 1.12. The molecular weight excluding hydrogens is 290 g/mol. The van der Waals surface area contributed by atoms with E-state index in [2.05, 4.69) is 58.3 Å². The second kappa shape index (κ2) is 8.64. The Bertz CT molecular complexity index is 340. The summed E-state index contributed by atoms with van der Waals surface area (Å²) in [5.41, 5.74) is 4.24. The van der Waals surface area contributed by atoms with Gasteiger partial charge in [-0.15, -0.1) is 0 Å². The maximum absolute atomic E-state index is 5.65. The molecule has 4 heteroatoms. The fourth-order valence-electron chi connectivity index (χ4n) is 2.07. The molecule has 1 aromatic rings. The lowest BCUT2D eigenvalue weighted by molar-refractivity contribution is 0.281. The van der Waals surface area contributed by atoms with E-state index in [4.69, 9.17) is 5.84 Å². The summed E-state index contributed by atoms with van der Waals surface area (Å²) >= 11 is 3.50. The van der Waals surface area contributed by atoms with E-state index in [9.17, 15) is 0 Å². The molecule has 1 aromatic carbocycles. The van der Waals surface area contributed by atoms with Gasteiger partial charge >= 0.3 is 0 Å². The van der Waals surface area contributed by atoms with Crippen molar-refractivity contribution in [2.75, 3.05) is 19.6 Å². The Kier molecular flexibility index (Phi) is 7.51. The van der Waals surface area contributed by atoms with E-state index in [-0.39, 0.29) is 0 Å². The van der Waals surface area contributed by atoms with Crippen LogP contribution in [0, 0.1) is 0 Å². The first-order chi connectivity index (χ1) is 8.69. The molecule has 0 saturated carbocycles. The van der Waals surface area contributed by atoms with E-state index in [1.807, 2.05) is 6.07 Å². The van der Waals surface area contributed by atoms with E-state index in [1.54, 1.807) is 0 Å². The number of nitrogens with two attached hydrogens (primary N) is 1. The minimum Gasteiger partial charge on any atom is -0.304 e. The molecule has 3 nitrogen and oxygen atoms in total. The molecule has 1 atom stereocenters. The summed E-state index contributed by atoms with van der Waals surface area (Å²) in [6.45, 7) is 7.69. The van der Waals surface area contributed by atoms with E-state index in [0.717, 1.165) is 36.9 Å². The van der Waals surface area contributed by atoms with Crippen molar-refractivity contribution in [1.29, 1.82) is 0 Å². The van der Waals surface area contributed by atoms with Crippen LogP contribution in [0.4, 0.5) is 0 Å². The van der Waals surface area contributed by atoms with E-state index in [0.29, 0.717) is 6.04 Å². The number of benzene rings is 1. The number of hydrazine groups is 1. The Labute approximate surface area is 119 Å². The third-order valence-corrected chi connectivity index (χ3v) is 3.79. The molecule has 0 aliphatic heterocycles. The summed E-state index contributed by atoms with van der Waals surface area (Å²) in [5, 5.41) is 0. The SMILES string of the molecule is CCN(CC)CCC(Cc1cccc(Br)c1)NN. The molecule has 0 spiro atoms. The molecule has 102 valence electrons. The van der Waals surface area contributed by atoms with Gasteiger partial charge in [-0.3, -0.25) is 11.3 Å². The Morgan fingerprint density at radius 1 is 1.33 bits per heavy atom. The Morgan fingerprint density at radius 3 is 2.61 bits per heavy atom. The Morgan fingerprint density at radius 2 is 2.06 bits per heavy atom. The van der Waals surface area contributed by atoms with Crippen molar-refractivity contribution < 1.29 is 0 Å². The molecule has 0 saturated heterocycles. The van der Waals surface area contributed by atoms with Gasteiger partial charge in [-0.2, -0.15) is 0 Å². The molecule has 0 heterocycles. The highest BCUT2D eigenvalue weighted by molar-refractivity contribution is 9.10. The summed E-state index contributed by atoms with van der Waals surface area (Å²) in [6, 6.07) is 8.75. The Hall–Kier alpha value is -0.420. The maximum Gasteiger partial charge on any atom is 0.0263 e. The maximum atomic E-state index is 5.65. The van der Waals surface area contributed by atoms with Crippen LogP contribution in [0.2, 0.25) is 0 Å². The molecule has 0 aliphatic carbocycles. The van der Waals surface area contributed by atoms with Crippen molar-refractivity contribution in [1.82, 2.24) is 10.3 Å². The van der Waals surface area contributed by atoms with Crippen LogP contribution in [-0.4, -0.2) is 30.6 Å². The smallest absolute Gasteiger partial charge is 0.0263 e. The molecule has 1 rings (SSSR count). The van der Waals surface area contributed by atoms with Gasteiger partial charge in [-0.05, 0) is 50.2 Å². The van der Waals surface area contributed by atoms with Crippen LogP contribution < -0.4 is 11.3 Å². The van der Waals surface area contributed by atoms with Gasteiger partial charge in [0.05, 0.1) is 0 Å². The second-order valence-electron chi connectivity index (χ2n) is 4.51. The average Bonchev–Trinajstić information content (AvgIpc) is 2.38. The van der Waals surface area contributed by atoms with Crippen molar-refractivity contribution in [3.8, 4) is 0 Å². The predicted molar refractivity (Wildman–Crippen MR) is 81.4 cm³/mol. The summed E-state index contributed by atoms with van der Waals surface area (Å²) in [7, 11) is 0. The van der Waals surface area contributed by atoms with Crippen LogP contribution in [0.25, 0.3) is 0 Å². The number of hydrogen-bond acceptors (Lipinski definition) is 3. The van der Waals surface area contributed by atoms with Crippen molar-refractivity contribution in [3.63, 3.8) is 0 Å². The van der Waals surface area contributed by atoms with Crippen LogP contribution in [0.5, 0.6) is 0 Å². The van der Waals surface area contributed by atoms with Gasteiger partial charge in [0.1, 0.15) is 0 Å². The summed E-state index contributed by atoms with van der Waals surface area (Å²) in [4.78, 5) is 2.42. The summed E-state index contributed by atoms with van der Waals surface area (Å²) in [6.07, 6.45) is 2.04. The quantitative estimate of drug-likeness (QED) is 0.572. The average molecular weight is 314 g/mol. The number of hydrogen-bond donors (Lipinski definition) is 2. The van der Waals surface area contributed by atoms with Crippen LogP contribution in [0.15, 0.2) is 28.7 Å². The van der Waals surface area contributed by atoms with Crippen LogP contribution >= 0.6 is 15.9 Å². The van der Waals surface area contributed by atoms with Crippen molar-refractivity contribution in [2.24, 2.45) is 5.84 Å². The lowest BCUT2D eigenvalue weighted by Crippen LogP contribution is -2.39. The van der Waals surface area contributed by atoms with Gasteiger partial charge in [-0.1, -0.05) is 41.9 Å². The first kappa shape index (κ1) is 15.6. The normalized spacial score (nSPS) is 12.9. The monoisotopic (exact) mass is 313 g/mol. The standard InChI is InChI=1S/C14H24BrN3/c1-3-18(4-2)9-8-14(17-16)11-12-6-5-7-13(15)10-12/h5-7,10,14,17H,3-4,8-9,11,16H2,1-2H3. The van der Waals surface area contributed by atoms with Crippen molar-refractivity contribution in [2.45, 2.75) is 32.7 Å². The second-order valence-corrected chi connectivity index (χ2v) is 5.43. The van der Waals surface area contributed by atoms with Gasteiger partial charge in [0.25, 0.3) is 0 Å². The van der Waals surface area contributed by atoms with Gasteiger partial charge in [0, 0.05) is 10.5 Å². The molecule has 3 N–H and O–H groups in total. The van der Waals surface area contributed by atoms with Gasteiger partial charge in [0.2, 0.25) is 0 Å². The van der Waals surface area contributed by atoms with Gasteiger partial charge in [0.15, 0.2) is 0 Å². The fourth-order valence-corrected chi connectivity index (χ4v) is 2.52. The van der Waals surface area contributed by atoms with Crippen molar-refractivity contribution in [3.05, 3.63) is 34.3 Å². The molecule has 0 radical (unpaired) electrons. The molecule has 1 unspecified atom stereocenters. The van der Waals surface area contributed by atoms with Gasteiger partial charge in [-0.25, -0.2) is 0 Å². The topological polar surface area (TPSA) is 41.3 Å². The van der Waals surface area contributed by atoms with Crippen LogP contribution in [0.1, 0.15) is 25.8 Å². The molecule has 0 aromatic heterocycles. The lowest BCUT2D eigenvalue weighted by atomic mass is 10.0. The highest BCUT2D eigenvalue weighted by atomic mass is 79.9. The molecule has 0 aliphatic rings. The van der Waals surface area contributed by atoms with Crippen molar-refractivity contribution >= 4 is 15.9 Å². The molecule has 0 amide bonds. The zero-order chi connectivity index (χ0) is 13.4. The third-order valence-electron chi connectivity index (χ3n) is 3.30. The zero-order valence-electron chi connectivity index (χ0n) is 11.3. The number of nitrogens with zero attached hydrogens (tertiary/aromatic N) is 1. The number of rotatable bonds is 8. The Balaban J connectivity index is 2.46. The summed E-state index contributed by atoms with van der Waals surface area (Å²) in [5.74, 6) is 5.65. The van der Waals surface area contributed by atoms with Crippen LogP contribution in [0.3, 0.4) is 0 Å². The number of nitrogens with one attached hydrogen (secondary N) is 1. The molecule has 18 heavy (non-hydrogen) atoms. The van der Waals surface area contributed by atoms with E-state index in [1.165, 1.54) is 5.56 Å². The minimum absolute atomic E-state index is 0.333. The van der Waals surface area contributed by atoms with E-state index >= 15 is 0 Å². The molecule has 0 fully saturated rings. The first-order valence-corrected chi connectivity index (χ1v) is 7.41. The van der Waals surface area contributed by atoms with E-state index < -0.39 is 0 Å². The zero-order valence-corrected chi connectivity index (χ0v) is 12.9. The first-order valence-electron chi connectivity index (χ1n) is 6.62. The van der Waals surface area contributed by atoms with Gasteiger partial charge < -0.3 is 4.90 Å². The highest BCUT2D eigenvalue weighted by Gasteiger charge is 2.09. The predicted octanol–water partition coefficient (Wildman–Crippen LogP) is 2.56. The highest BCUT2D eigenvalue weighted by Crippen LogP contribution is 2.14. The molecular formula is C14H24BrN3. The fraction of sp³-hybridized carbons (Fsp3) is 0.571. The van der Waals surface area contributed by atoms with Crippen LogP contribution in [-0.2, 0) is 6.42 Å². The lowest BCUT2D eigenvalue weighted by Gasteiger charge is -2.22. The third kappa shape index (κ3) is 5.48.